The van der Waals surface area contributed by atoms with Crippen molar-refractivity contribution in [1.29, 1.82) is 0 Å². The van der Waals surface area contributed by atoms with Gasteiger partial charge in [-0.15, -0.1) is 0 Å². The van der Waals surface area contributed by atoms with E-state index in [2.05, 4.69) is 0 Å². The molecule has 0 bridgehead atoms. The minimum absolute atomic E-state index is 0. The number of rotatable bonds is 0. The zero-order valence-corrected chi connectivity index (χ0v) is 4.08. The Labute approximate surface area is 47.1 Å². The van der Waals surface area contributed by atoms with Crippen molar-refractivity contribution in [3.05, 3.63) is 12.3 Å². The van der Waals surface area contributed by atoms with E-state index in [1.54, 1.807) is 0 Å². The summed E-state index contributed by atoms with van der Waals surface area (Å²) in [6, 6.07) is 0. The maximum atomic E-state index is 0. The fraction of sp³-hybridized carbons (Fsp3) is 0. The van der Waals surface area contributed by atoms with Gasteiger partial charge in [0.15, 0.2) is 0 Å². The molecule has 4 heavy (non-hydrogen) atoms. The molecule has 0 aromatic heterocycles. The monoisotopic (exact) mass is 111 g/mol. The van der Waals surface area contributed by atoms with Crippen LogP contribution in [0.3, 0.4) is 0 Å². The molecule has 21 valence electrons. The first-order chi connectivity index (χ1) is 0. The van der Waals surface area contributed by atoms with Crippen molar-refractivity contribution in [2.45, 2.75) is 0 Å². The Morgan fingerprint density at radius 1 is 0.750 bits per heavy atom. The quantitative estimate of drug-likeness (QED) is 0.400. The second-order valence-electron chi connectivity index (χ2n) is 0. The summed E-state index contributed by atoms with van der Waals surface area (Å²) in [7, 11) is 0. The van der Waals surface area contributed by atoms with Gasteiger partial charge in [-0.25, -0.2) is 0 Å². The van der Waals surface area contributed by atoms with Crippen LogP contribution >= 0.6 is 0 Å². The fourth-order valence-corrected chi connectivity index (χ4v) is 0. The molecule has 0 aromatic rings. The first-order valence-electron chi connectivity index (χ1n) is 0. The van der Waals surface area contributed by atoms with Crippen molar-refractivity contribution >= 4 is 17.4 Å². The van der Waals surface area contributed by atoms with Crippen LogP contribution in [0, 0.1) is 0 Å². The van der Waals surface area contributed by atoms with Gasteiger partial charge >= 0.3 is 34.4 Å². The molecule has 0 N–H and O–H groups in total. The third-order valence-electron chi connectivity index (χ3n) is 0. The average Bonchev–Trinajstić information content (AvgIpc) is 0. The molecule has 0 rings (SSSR count). The Kier molecular flexibility index (Phi) is 771. The minimum Gasteiger partial charge on any atom is -3.00 e. The molecular weight excluding hydrogens is 111 g/mol. The van der Waals surface area contributed by atoms with Gasteiger partial charge < -0.3 is 12.3 Å². The summed E-state index contributed by atoms with van der Waals surface area (Å²) in [5.41, 5.74) is 0. The number of nitrogens with zero attached hydrogens (tertiary/aromatic N) is 2. The van der Waals surface area contributed by atoms with Crippen molar-refractivity contribution in [2.24, 2.45) is 0 Å². The van der Waals surface area contributed by atoms with Gasteiger partial charge in [0.1, 0.15) is 0 Å². The topological polar surface area (TPSA) is 61.0 Å². The predicted molar refractivity (Wildman–Crippen MR) is 12.5 cm³/mol. The molecule has 0 fully saturated rings. The van der Waals surface area contributed by atoms with Crippen molar-refractivity contribution < 1.29 is 17.1 Å². The molecule has 2 nitrogen and oxygen atoms in total. The Morgan fingerprint density at radius 3 is 0.750 bits per heavy atom. The fourth-order valence-electron chi connectivity index (χ4n) is 0. The summed E-state index contributed by atoms with van der Waals surface area (Å²) < 4.78 is 0. The van der Waals surface area contributed by atoms with E-state index in [-0.39, 0.29) is 46.7 Å². The summed E-state index contributed by atoms with van der Waals surface area (Å²) in [5.74, 6) is 0. The van der Waals surface area contributed by atoms with Gasteiger partial charge in [0.05, 0.1) is 0 Å². The summed E-state index contributed by atoms with van der Waals surface area (Å²) in [5, 5.41) is 0. The minimum atomic E-state index is 0. The molecule has 0 aliphatic carbocycles. The van der Waals surface area contributed by atoms with Gasteiger partial charge in [-0.2, -0.15) is 0 Å². The maximum Gasteiger partial charge on any atom is 3.00 e. The van der Waals surface area contributed by atoms with Crippen molar-refractivity contribution in [1.82, 2.24) is 0 Å². The molecule has 4 heteroatoms. The summed E-state index contributed by atoms with van der Waals surface area (Å²) >= 11 is 0. The molecule has 0 unspecified atom stereocenters. The van der Waals surface area contributed by atoms with Crippen LogP contribution in [0.5, 0.6) is 0 Å². The van der Waals surface area contributed by atoms with E-state index in [0.29, 0.717) is 0 Å². The van der Waals surface area contributed by atoms with Gasteiger partial charge in [-0.05, 0) is 0 Å². The summed E-state index contributed by atoms with van der Waals surface area (Å²) in [6.07, 6.45) is 0. The van der Waals surface area contributed by atoms with Crippen LogP contribution in [0.4, 0.5) is 0 Å². The van der Waals surface area contributed by atoms with E-state index < -0.39 is 0 Å². The van der Waals surface area contributed by atoms with Crippen molar-refractivity contribution in [2.75, 3.05) is 0 Å². The smallest absolute Gasteiger partial charge is 3.00 e. The van der Waals surface area contributed by atoms with Crippen molar-refractivity contribution in [3.63, 3.8) is 0 Å². The molecule has 0 spiro atoms. The molecule has 0 atom stereocenters. The first kappa shape index (κ1) is 83.0. The normalized spacial score (nSPS) is 0. The zero-order valence-electron chi connectivity index (χ0n) is 1.83. The third kappa shape index (κ3) is 12.2. The van der Waals surface area contributed by atoms with E-state index in [1.807, 2.05) is 0 Å². The van der Waals surface area contributed by atoms with Gasteiger partial charge in [-0.1, -0.05) is 0 Å². The SMILES string of the molecule is [Al+3].[Fe+3].[N-3].[N-3]. The van der Waals surface area contributed by atoms with Crippen LogP contribution in [0.1, 0.15) is 0 Å². The zero-order chi connectivity index (χ0) is 0. The van der Waals surface area contributed by atoms with Crippen molar-refractivity contribution in [3.8, 4) is 0 Å². The largest absolute Gasteiger partial charge is 3.00 e. The maximum absolute atomic E-state index is 0. The Bertz CT molecular complexity index is 6.00. The Morgan fingerprint density at radius 2 is 0.750 bits per heavy atom. The second-order valence-corrected chi connectivity index (χ2v) is 0. The Balaban J connectivity index is 0. The molecule has 0 saturated heterocycles. The second kappa shape index (κ2) is 37.1. The van der Waals surface area contributed by atoms with Gasteiger partial charge in [-0.3, -0.25) is 0 Å². The van der Waals surface area contributed by atoms with Crippen LogP contribution < -0.4 is 0 Å². The summed E-state index contributed by atoms with van der Waals surface area (Å²) in [6.45, 7) is 0. The summed E-state index contributed by atoms with van der Waals surface area (Å²) in [4.78, 5) is 0. The third-order valence-corrected chi connectivity index (χ3v) is 0. The van der Waals surface area contributed by atoms with Gasteiger partial charge in [0.25, 0.3) is 0 Å². The first-order valence-corrected chi connectivity index (χ1v) is 0. The van der Waals surface area contributed by atoms with E-state index >= 15 is 0 Å². The number of hydrogen-bond donors (Lipinski definition) is 0. The molecular formula is AlFeN2. The molecule has 0 aliphatic heterocycles. The molecule has 0 amide bonds. The molecule has 0 aliphatic rings. The van der Waals surface area contributed by atoms with E-state index in [0.717, 1.165) is 0 Å². The van der Waals surface area contributed by atoms with Gasteiger partial charge in [0, 0.05) is 0 Å². The standard InChI is InChI=1S/Al.Fe.2N/q2*+3;2*-3. The molecule has 0 saturated carbocycles. The average molecular weight is 111 g/mol. The Hall–Kier alpha value is 0.972. The molecule has 0 heterocycles. The number of hydrogen-bond acceptors (Lipinski definition) is 0. The van der Waals surface area contributed by atoms with E-state index in [9.17, 15) is 0 Å². The predicted octanol–water partition coefficient (Wildman–Crippen LogP) is 0.194. The van der Waals surface area contributed by atoms with Crippen LogP contribution in [-0.4, -0.2) is 17.4 Å². The van der Waals surface area contributed by atoms with E-state index in [4.69, 9.17) is 0 Å². The van der Waals surface area contributed by atoms with Crippen LogP contribution in [-0.2, 0) is 17.1 Å². The van der Waals surface area contributed by atoms with Crippen LogP contribution in [0.2, 0.25) is 0 Å². The molecule has 0 aromatic carbocycles. The van der Waals surface area contributed by atoms with Crippen LogP contribution in [0.25, 0.3) is 12.3 Å². The van der Waals surface area contributed by atoms with Gasteiger partial charge in [0.2, 0.25) is 0 Å². The van der Waals surface area contributed by atoms with Crippen LogP contribution in [0.15, 0.2) is 0 Å². The van der Waals surface area contributed by atoms with E-state index in [1.165, 1.54) is 0 Å². The molecule has 1 radical (unpaired) electrons.